The largest absolute Gasteiger partial charge is 0.456 e. The zero-order chi connectivity index (χ0) is 8.02. The molecule has 3 rings (SSSR count). The Kier molecular flexibility index (Phi) is 1.22. The van der Waals surface area contributed by atoms with Crippen LogP contribution in [-0.4, -0.2) is 18.9 Å². The van der Waals surface area contributed by atoms with Crippen LogP contribution in [0.5, 0.6) is 0 Å². The molecule has 2 fully saturated rings. The van der Waals surface area contributed by atoms with Crippen molar-refractivity contribution in [2.24, 2.45) is 11.8 Å². The summed E-state index contributed by atoms with van der Waals surface area (Å²) in [5, 5.41) is 3.41. The fourth-order valence-electron chi connectivity index (χ4n) is 2.74. The monoisotopic (exact) mass is 167 g/mol. The molecule has 2 bridgehead atoms. The number of rotatable bonds is 0. The van der Waals surface area contributed by atoms with Gasteiger partial charge in [0.25, 0.3) is 5.79 Å². The highest BCUT2D eigenvalue weighted by molar-refractivity contribution is 5.03. The quantitative estimate of drug-likeness (QED) is 0.579. The molecule has 66 valence electrons. The van der Waals surface area contributed by atoms with Crippen LogP contribution in [0, 0.1) is 11.8 Å². The summed E-state index contributed by atoms with van der Waals surface area (Å²) in [6.07, 6.45) is 5.85. The van der Waals surface area contributed by atoms with Gasteiger partial charge in [-0.2, -0.15) is 0 Å². The third-order valence-electron chi connectivity index (χ3n) is 3.34. The Balaban J connectivity index is 1.93. The molecule has 0 aromatic carbocycles. The predicted molar refractivity (Wildman–Crippen MR) is 43.1 cm³/mol. The van der Waals surface area contributed by atoms with Gasteiger partial charge in [0.1, 0.15) is 12.5 Å². The van der Waals surface area contributed by atoms with E-state index in [1.54, 1.807) is 12.5 Å². The van der Waals surface area contributed by atoms with Crippen molar-refractivity contribution < 1.29 is 9.47 Å². The Morgan fingerprint density at radius 1 is 1.08 bits per heavy atom. The summed E-state index contributed by atoms with van der Waals surface area (Å²) in [7, 11) is 0. The minimum Gasteiger partial charge on any atom is -0.456 e. The lowest BCUT2D eigenvalue weighted by Gasteiger charge is -2.38. The molecule has 0 radical (unpaired) electrons. The van der Waals surface area contributed by atoms with Gasteiger partial charge in [-0.1, -0.05) is 0 Å². The summed E-state index contributed by atoms with van der Waals surface area (Å²) in [5.41, 5.74) is 0. The molecule has 1 aliphatic carbocycles. The van der Waals surface area contributed by atoms with E-state index in [2.05, 4.69) is 5.32 Å². The summed E-state index contributed by atoms with van der Waals surface area (Å²) >= 11 is 0. The van der Waals surface area contributed by atoms with Gasteiger partial charge < -0.3 is 14.8 Å². The van der Waals surface area contributed by atoms with Crippen molar-refractivity contribution in [3.05, 3.63) is 12.5 Å². The van der Waals surface area contributed by atoms with Crippen molar-refractivity contribution in [1.29, 1.82) is 0 Å². The van der Waals surface area contributed by atoms with Crippen LogP contribution in [-0.2, 0) is 9.47 Å². The van der Waals surface area contributed by atoms with E-state index < -0.39 is 0 Å². The zero-order valence-corrected chi connectivity index (χ0v) is 6.95. The molecule has 0 aromatic heterocycles. The topological polar surface area (TPSA) is 30.5 Å². The third kappa shape index (κ3) is 0.654. The normalized spacial score (nSPS) is 41.3. The minimum atomic E-state index is -0.273. The lowest BCUT2D eigenvalue weighted by Crippen LogP contribution is -2.52. The van der Waals surface area contributed by atoms with Crippen LogP contribution in [0.25, 0.3) is 0 Å². The van der Waals surface area contributed by atoms with Gasteiger partial charge in [0, 0.05) is 24.9 Å². The molecular formula is C9H13NO2. The Bertz CT molecular complexity index is 201. The number of piperidine rings is 1. The van der Waals surface area contributed by atoms with Gasteiger partial charge in [0.2, 0.25) is 0 Å². The van der Waals surface area contributed by atoms with Gasteiger partial charge in [-0.15, -0.1) is 0 Å². The van der Waals surface area contributed by atoms with Gasteiger partial charge in [-0.3, -0.25) is 0 Å². The molecule has 0 aromatic rings. The molecule has 3 heteroatoms. The molecular weight excluding hydrogens is 154 g/mol. The second-order valence-electron chi connectivity index (χ2n) is 3.86. The van der Waals surface area contributed by atoms with Gasteiger partial charge in [-0.25, -0.2) is 0 Å². The van der Waals surface area contributed by atoms with Gasteiger partial charge in [0.05, 0.1) is 0 Å². The lowest BCUT2D eigenvalue weighted by molar-refractivity contribution is -0.203. The number of ether oxygens (including phenoxy) is 2. The number of nitrogens with one attached hydrogen (secondary N) is 1. The molecule has 3 nitrogen and oxygen atoms in total. The SMILES string of the molecule is C1=COC2(O1)[C@@H]1CC[C@H]2CNC1. The molecule has 2 heterocycles. The summed E-state index contributed by atoms with van der Waals surface area (Å²) < 4.78 is 11.3. The van der Waals surface area contributed by atoms with E-state index in [1.165, 1.54) is 12.8 Å². The van der Waals surface area contributed by atoms with Crippen molar-refractivity contribution in [3.8, 4) is 0 Å². The van der Waals surface area contributed by atoms with E-state index in [0.29, 0.717) is 11.8 Å². The molecule has 12 heavy (non-hydrogen) atoms. The van der Waals surface area contributed by atoms with Crippen LogP contribution < -0.4 is 5.32 Å². The van der Waals surface area contributed by atoms with Gasteiger partial charge in [-0.05, 0) is 12.8 Å². The Morgan fingerprint density at radius 3 is 2.25 bits per heavy atom. The molecule has 1 saturated carbocycles. The Labute approximate surface area is 71.7 Å². The zero-order valence-electron chi connectivity index (χ0n) is 6.95. The third-order valence-corrected chi connectivity index (χ3v) is 3.34. The predicted octanol–water partition coefficient (Wildman–Crippen LogP) is 0.830. The van der Waals surface area contributed by atoms with Crippen molar-refractivity contribution in [2.45, 2.75) is 18.6 Å². The molecule has 2 aliphatic heterocycles. The second-order valence-corrected chi connectivity index (χ2v) is 3.86. The van der Waals surface area contributed by atoms with E-state index in [4.69, 9.17) is 9.47 Å². The van der Waals surface area contributed by atoms with E-state index in [9.17, 15) is 0 Å². The molecule has 3 aliphatic rings. The fourth-order valence-corrected chi connectivity index (χ4v) is 2.74. The van der Waals surface area contributed by atoms with Crippen LogP contribution in [0.3, 0.4) is 0 Å². The first-order valence-electron chi connectivity index (χ1n) is 4.63. The Hall–Kier alpha value is -0.700. The van der Waals surface area contributed by atoms with E-state index in [1.807, 2.05) is 0 Å². The summed E-state index contributed by atoms with van der Waals surface area (Å²) in [5.74, 6) is 0.822. The first-order chi connectivity index (χ1) is 5.92. The highest BCUT2D eigenvalue weighted by Crippen LogP contribution is 2.48. The first-order valence-corrected chi connectivity index (χ1v) is 4.63. The van der Waals surface area contributed by atoms with E-state index in [-0.39, 0.29) is 5.79 Å². The maximum atomic E-state index is 5.63. The summed E-state index contributed by atoms with van der Waals surface area (Å²) in [4.78, 5) is 0. The highest BCUT2D eigenvalue weighted by atomic mass is 16.7. The maximum Gasteiger partial charge on any atom is 0.257 e. The smallest absolute Gasteiger partial charge is 0.257 e. The number of hydrogen-bond donors (Lipinski definition) is 1. The van der Waals surface area contributed by atoms with Crippen molar-refractivity contribution in [2.75, 3.05) is 13.1 Å². The molecule has 1 spiro atoms. The van der Waals surface area contributed by atoms with Gasteiger partial charge >= 0.3 is 0 Å². The molecule has 1 N–H and O–H groups in total. The van der Waals surface area contributed by atoms with Gasteiger partial charge in [0.15, 0.2) is 0 Å². The maximum absolute atomic E-state index is 5.63. The minimum absolute atomic E-state index is 0.273. The van der Waals surface area contributed by atoms with E-state index >= 15 is 0 Å². The molecule has 0 amide bonds. The van der Waals surface area contributed by atoms with Crippen LogP contribution >= 0.6 is 0 Å². The van der Waals surface area contributed by atoms with Crippen LogP contribution in [0.1, 0.15) is 12.8 Å². The average molecular weight is 167 g/mol. The Morgan fingerprint density at radius 2 is 1.67 bits per heavy atom. The lowest BCUT2D eigenvalue weighted by atomic mass is 9.92. The summed E-state index contributed by atoms with van der Waals surface area (Å²) in [6, 6.07) is 0. The van der Waals surface area contributed by atoms with E-state index in [0.717, 1.165) is 13.1 Å². The van der Waals surface area contributed by atoms with Crippen molar-refractivity contribution in [1.82, 2.24) is 5.32 Å². The molecule has 1 saturated heterocycles. The highest BCUT2D eigenvalue weighted by Gasteiger charge is 2.57. The molecule has 2 atom stereocenters. The van der Waals surface area contributed by atoms with Crippen LogP contribution in [0.2, 0.25) is 0 Å². The standard InChI is InChI=1S/C9H13NO2/c1-2-8-6-10-5-7(1)9(8)11-3-4-12-9/h3-4,7-8,10H,1-2,5-6H2/t7-,8+. The van der Waals surface area contributed by atoms with Crippen molar-refractivity contribution in [3.63, 3.8) is 0 Å². The molecule has 0 unspecified atom stereocenters. The number of hydrogen-bond acceptors (Lipinski definition) is 3. The second kappa shape index (κ2) is 2.16. The van der Waals surface area contributed by atoms with Crippen LogP contribution in [0.4, 0.5) is 0 Å². The first kappa shape index (κ1) is 6.78. The average Bonchev–Trinajstić information content (AvgIpc) is 2.59. The van der Waals surface area contributed by atoms with Crippen molar-refractivity contribution >= 4 is 0 Å². The fraction of sp³-hybridized carbons (Fsp3) is 0.778. The summed E-state index contributed by atoms with van der Waals surface area (Å²) in [6.45, 7) is 2.08. The van der Waals surface area contributed by atoms with Crippen LogP contribution in [0.15, 0.2) is 12.5 Å².